The molecular formula is C22H21NO4. The van der Waals surface area contributed by atoms with Gasteiger partial charge in [0, 0.05) is 24.0 Å². The molecule has 0 N–H and O–H groups in total. The van der Waals surface area contributed by atoms with Crippen LogP contribution in [0, 0.1) is 6.92 Å². The molecule has 138 valence electrons. The summed E-state index contributed by atoms with van der Waals surface area (Å²) < 4.78 is 11.1. The average molecular weight is 363 g/mol. The van der Waals surface area contributed by atoms with Crippen molar-refractivity contribution < 1.29 is 18.7 Å². The van der Waals surface area contributed by atoms with Crippen LogP contribution in [0.1, 0.15) is 34.2 Å². The highest BCUT2D eigenvalue weighted by Crippen LogP contribution is 2.26. The first kappa shape index (κ1) is 17.3. The number of aryl methyl sites for hydroxylation is 1. The molecule has 0 aliphatic carbocycles. The lowest BCUT2D eigenvalue weighted by Crippen LogP contribution is -2.42. The summed E-state index contributed by atoms with van der Waals surface area (Å²) in [5, 5.41) is 0.871. The molecule has 5 nitrogen and oxygen atoms in total. The summed E-state index contributed by atoms with van der Waals surface area (Å²) in [6, 6.07) is 15.5. The Hall–Kier alpha value is -3.08. The normalized spacial score (nSPS) is 14.7. The molecule has 4 rings (SSSR count). The molecule has 0 saturated heterocycles. The summed E-state index contributed by atoms with van der Waals surface area (Å²) in [6.07, 6.45) is -0.0546. The zero-order valence-corrected chi connectivity index (χ0v) is 15.4. The van der Waals surface area contributed by atoms with E-state index in [0.29, 0.717) is 18.7 Å². The van der Waals surface area contributed by atoms with Crippen LogP contribution < -0.4 is 0 Å². The van der Waals surface area contributed by atoms with E-state index in [1.54, 1.807) is 17.9 Å². The summed E-state index contributed by atoms with van der Waals surface area (Å²) in [5.41, 5.74) is 3.77. The van der Waals surface area contributed by atoms with Gasteiger partial charge in [-0.05, 0) is 37.5 Å². The zero-order chi connectivity index (χ0) is 19.0. The minimum Gasteiger partial charge on any atom is -0.449 e. The van der Waals surface area contributed by atoms with E-state index >= 15 is 0 Å². The Balaban J connectivity index is 1.47. The summed E-state index contributed by atoms with van der Waals surface area (Å²) in [7, 11) is 0. The van der Waals surface area contributed by atoms with E-state index in [0.717, 1.165) is 22.9 Å². The topological polar surface area (TPSA) is 59.8 Å². The van der Waals surface area contributed by atoms with Crippen molar-refractivity contribution in [1.29, 1.82) is 0 Å². The fraction of sp³-hybridized carbons (Fsp3) is 0.273. The van der Waals surface area contributed by atoms with Crippen LogP contribution in [0.25, 0.3) is 11.0 Å². The lowest BCUT2D eigenvalue weighted by atomic mass is 9.99. The Bertz CT molecular complexity index is 1020. The van der Waals surface area contributed by atoms with Gasteiger partial charge in [-0.25, -0.2) is 4.79 Å². The van der Waals surface area contributed by atoms with Crippen LogP contribution in [0.15, 0.2) is 52.9 Å². The monoisotopic (exact) mass is 363 g/mol. The first-order chi connectivity index (χ1) is 13.0. The maximum atomic E-state index is 12.7. The molecule has 0 bridgehead atoms. The molecule has 1 aromatic heterocycles. The van der Waals surface area contributed by atoms with Crippen LogP contribution in [-0.4, -0.2) is 29.4 Å². The molecule has 0 saturated carbocycles. The van der Waals surface area contributed by atoms with Gasteiger partial charge in [-0.15, -0.1) is 0 Å². The van der Waals surface area contributed by atoms with E-state index in [4.69, 9.17) is 9.15 Å². The van der Waals surface area contributed by atoms with Gasteiger partial charge in [0.25, 0.3) is 5.91 Å². The minimum atomic E-state index is -0.865. The Morgan fingerprint density at radius 1 is 1.07 bits per heavy atom. The first-order valence-electron chi connectivity index (χ1n) is 9.09. The third kappa shape index (κ3) is 3.21. The van der Waals surface area contributed by atoms with Gasteiger partial charge in [0.2, 0.25) is 5.76 Å². The number of hydrogen-bond donors (Lipinski definition) is 0. The number of hydrogen-bond acceptors (Lipinski definition) is 4. The van der Waals surface area contributed by atoms with Gasteiger partial charge in [0.15, 0.2) is 6.10 Å². The van der Waals surface area contributed by atoms with Crippen LogP contribution in [0.3, 0.4) is 0 Å². The van der Waals surface area contributed by atoms with Crippen LogP contribution in [0.4, 0.5) is 0 Å². The van der Waals surface area contributed by atoms with Crippen molar-refractivity contribution >= 4 is 22.8 Å². The number of carbonyl (C=O) groups is 2. The fourth-order valence-corrected chi connectivity index (χ4v) is 3.57. The van der Waals surface area contributed by atoms with Gasteiger partial charge in [-0.2, -0.15) is 0 Å². The molecule has 1 amide bonds. The molecule has 2 aromatic carbocycles. The number of ether oxygens (including phenoxy) is 1. The predicted molar refractivity (Wildman–Crippen MR) is 101 cm³/mol. The Morgan fingerprint density at radius 3 is 2.56 bits per heavy atom. The second kappa shape index (κ2) is 6.91. The number of carbonyl (C=O) groups excluding carboxylic acids is 2. The van der Waals surface area contributed by atoms with Gasteiger partial charge >= 0.3 is 5.97 Å². The first-order valence-corrected chi connectivity index (χ1v) is 9.09. The van der Waals surface area contributed by atoms with Crippen molar-refractivity contribution in [2.75, 3.05) is 6.54 Å². The molecule has 0 radical (unpaired) electrons. The standard InChI is InChI=1S/C22H21NO4/c1-14-18-9-5-6-10-19(18)27-20(14)22(25)26-15(2)21(24)23-12-11-16-7-3-4-8-17(16)13-23/h3-10,15H,11-13H2,1-2H3/t15-/m0/s1. The lowest BCUT2D eigenvalue weighted by molar-refractivity contribution is -0.140. The number of nitrogens with zero attached hydrogens (tertiary/aromatic N) is 1. The van der Waals surface area contributed by atoms with E-state index in [2.05, 4.69) is 6.07 Å². The molecular weight excluding hydrogens is 342 g/mol. The highest BCUT2D eigenvalue weighted by atomic mass is 16.6. The molecule has 3 aromatic rings. The Labute approximate surface area is 157 Å². The molecule has 27 heavy (non-hydrogen) atoms. The largest absolute Gasteiger partial charge is 0.449 e. The van der Waals surface area contributed by atoms with E-state index in [1.807, 2.05) is 43.3 Å². The lowest BCUT2D eigenvalue weighted by Gasteiger charge is -2.30. The van der Waals surface area contributed by atoms with E-state index in [1.165, 1.54) is 5.56 Å². The summed E-state index contributed by atoms with van der Waals surface area (Å²) >= 11 is 0. The number of para-hydroxylation sites is 1. The molecule has 1 aliphatic heterocycles. The summed E-state index contributed by atoms with van der Waals surface area (Å²) in [6.45, 7) is 4.59. The van der Waals surface area contributed by atoms with Crippen LogP contribution in [-0.2, 0) is 22.5 Å². The third-order valence-corrected chi connectivity index (χ3v) is 5.10. The molecule has 1 aliphatic rings. The fourth-order valence-electron chi connectivity index (χ4n) is 3.57. The molecule has 5 heteroatoms. The maximum Gasteiger partial charge on any atom is 0.375 e. The molecule has 0 fully saturated rings. The van der Waals surface area contributed by atoms with Crippen molar-refractivity contribution in [2.45, 2.75) is 32.9 Å². The number of amides is 1. The van der Waals surface area contributed by atoms with Crippen molar-refractivity contribution in [1.82, 2.24) is 4.90 Å². The Morgan fingerprint density at radius 2 is 1.78 bits per heavy atom. The van der Waals surface area contributed by atoms with E-state index in [-0.39, 0.29) is 11.7 Å². The van der Waals surface area contributed by atoms with Gasteiger partial charge in [0.1, 0.15) is 5.58 Å². The van der Waals surface area contributed by atoms with Crippen LogP contribution in [0.5, 0.6) is 0 Å². The number of esters is 1. The van der Waals surface area contributed by atoms with Gasteiger partial charge in [0.05, 0.1) is 0 Å². The number of fused-ring (bicyclic) bond motifs is 2. The highest BCUT2D eigenvalue weighted by Gasteiger charge is 2.29. The van der Waals surface area contributed by atoms with Gasteiger partial charge in [-0.3, -0.25) is 4.79 Å². The Kier molecular flexibility index (Phi) is 4.44. The van der Waals surface area contributed by atoms with Crippen molar-refractivity contribution in [3.8, 4) is 0 Å². The quantitative estimate of drug-likeness (QED) is 0.663. The molecule has 1 atom stereocenters. The number of benzene rings is 2. The van der Waals surface area contributed by atoms with E-state index in [9.17, 15) is 9.59 Å². The smallest absolute Gasteiger partial charge is 0.375 e. The predicted octanol–water partition coefficient (Wildman–Crippen LogP) is 3.87. The van der Waals surface area contributed by atoms with Gasteiger partial charge in [-0.1, -0.05) is 42.5 Å². The summed E-state index contributed by atoms with van der Waals surface area (Å²) in [5.74, 6) is -0.645. The van der Waals surface area contributed by atoms with Crippen molar-refractivity contribution in [2.24, 2.45) is 0 Å². The minimum absolute atomic E-state index is 0.153. The van der Waals surface area contributed by atoms with Gasteiger partial charge < -0.3 is 14.1 Å². The second-order valence-electron chi connectivity index (χ2n) is 6.88. The SMILES string of the molecule is Cc1c(C(=O)O[C@@H](C)C(=O)N2CCc3ccccc3C2)oc2ccccc12. The molecule has 0 unspecified atom stereocenters. The number of furan rings is 1. The average Bonchev–Trinajstić information content (AvgIpc) is 3.04. The third-order valence-electron chi connectivity index (χ3n) is 5.10. The van der Waals surface area contributed by atoms with Crippen molar-refractivity contribution in [3.05, 3.63) is 71.0 Å². The highest BCUT2D eigenvalue weighted by molar-refractivity contribution is 5.97. The second-order valence-corrected chi connectivity index (χ2v) is 6.88. The van der Waals surface area contributed by atoms with Crippen LogP contribution in [0.2, 0.25) is 0 Å². The maximum absolute atomic E-state index is 12.7. The molecule has 0 spiro atoms. The summed E-state index contributed by atoms with van der Waals surface area (Å²) in [4.78, 5) is 27.0. The van der Waals surface area contributed by atoms with Crippen LogP contribution >= 0.6 is 0 Å². The number of rotatable bonds is 3. The zero-order valence-electron chi connectivity index (χ0n) is 15.4. The van der Waals surface area contributed by atoms with Crippen molar-refractivity contribution in [3.63, 3.8) is 0 Å². The van der Waals surface area contributed by atoms with E-state index < -0.39 is 12.1 Å². The molecule has 2 heterocycles.